The topological polar surface area (TPSA) is 74.1 Å². The van der Waals surface area contributed by atoms with Crippen molar-refractivity contribution in [2.75, 3.05) is 20.4 Å². The van der Waals surface area contributed by atoms with Crippen molar-refractivity contribution in [1.29, 1.82) is 5.26 Å². The van der Waals surface area contributed by atoms with Crippen LogP contribution in [0.15, 0.2) is 59.8 Å². The molecule has 0 fully saturated rings. The largest absolute Gasteiger partial charge is 0.433 e. The first-order chi connectivity index (χ1) is 13.4. The predicted octanol–water partition coefficient (Wildman–Crippen LogP) is 4.01. The highest BCUT2D eigenvalue weighted by molar-refractivity contribution is 7.90. The molecule has 9 heteroatoms. The number of benzene rings is 1. The Morgan fingerprint density at radius 2 is 1.69 bits per heavy atom. The lowest BCUT2D eigenvalue weighted by Gasteiger charge is -2.11. The second kappa shape index (κ2) is 8.49. The van der Waals surface area contributed by atoms with Gasteiger partial charge < -0.3 is 4.90 Å². The molecule has 0 aliphatic carbocycles. The fourth-order valence-electron chi connectivity index (χ4n) is 2.42. The van der Waals surface area contributed by atoms with Crippen molar-refractivity contribution < 1.29 is 21.6 Å². The number of pyridine rings is 1. The number of aromatic nitrogens is 1. The number of alkyl halides is 3. The van der Waals surface area contributed by atoms with E-state index in [0.717, 1.165) is 18.5 Å². The smallest absolute Gasteiger partial charge is 0.383 e. The van der Waals surface area contributed by atoms with E-state index in [4.69, 9.17) is 0 Å². The van der Waals surface area contributed by atoms with Crippen molar-refractivity contribution in [3.8, 4) is 6.07 Å². The van der Waals surface area contributed by atoms with E-state index in [9.17, 15) is 26.9 Å². The average Bonchev–Trinajstić information content (AvgIpc) is 2.63. The molecule has 0 saturated carbocycles. The zero-order valence-corrected chi connectivity index (χ0v) is 16.7. The minimum atomic E-state index is -4.56. The van der Waals surface area contributed by atoms with Gasteiger partial charge in [0, 0.05) is 38.3 Å². The fourth-order valence-corrected chi connectivity index (χ4v) is 3.05. The third kappa shape index (κ3) is 5.93. The summed E-state index contributed by atoms with van der Waals surface area (Å²) < 4.78 is 61.4. The summed E-state index contributed by atoms with van der Waals surface area (Å²) in [7, 11) is 0.184. The number of hydrogen-bond donors (Lipinski definition) is 0. The molecule has 0 bridgehead atoms. The van der Waals surface area contributed by atoms with Crippen LogP contribution in [0.1, 0.15) is 16.8 Å². The van der Waals surface area contributed by atoms with Crippen molar-refractivity contribution in [3.63, 3.8) is 0 Å². The van der Waals surface area contributed by atoms with Gasteiger partial charge in [0.05, 0.1) is 16.5 Å². The lowest BCUT2D eigenvalue weighted by atomic mass is 10.0. The first-order valence-electron chi connectivity index (χ1n) is 8.26. The van der Waals surface area contributed by atoms with Crippen LogP contribution in [-0.4, -0.2) is 38.7 Å². The van der Waals surface area contributed by atoms with Crippen molar-refractivity contribution in [2.45, 2.75) is 11.1 Å². The van der Waals surface area contributed by atoms with Crippen LogP contribution in [0, 0.1) is 11.3 Å². The Bertz CT molecular complexity index is 1080. The van der Waals surface area contributed by atoms with E-state index in [1.807, 2.05) is 6.07 Å². The highest BCUT2D eigenvalue weighted by Gasteiger charge is 2.32. The quantitative estimate of drug-likeness (QED) is 0.539. The van der Waals surface area contributed by atoms with Crippen LogP contribution in [0.3, 0.4) is 0 Å². The Balaban J connectivity index is 2.49. The Kier molecular flexibility index (Phi) is 6.49. The monoisotopic (exact) mass is 421 g/mol. The van der Waals surface area contributed by atoms with E-state index in [0.29, 0.717) is 11.1 Å². The lowest BCUT2D eigenvalue weighted by Crippen LogP contribution is -2.07. The summed E-state index contributed by atoms with van der Waals surface area (Å²) in [5.41, 5.74) is 0.522. The van der Waals surface area contributed by atoms with Gasteiger partial charge in [-0.05, 0) is 41.5 Å². The summed E-state index contributed by atoms with van der Waals surface area (Å²) in [6.07, 6.45) is 0.762. The summed E-state index contributed by atoms with van der Waals surface area (Å²) in [4.78, 5) is 5.27. The minimum Gasteiger partial charge on any atom is -0.383 e. The summed E-state index contributed by atoms with van der Waals surface area (Å²) >= 11 is 0. The zero-order chi connectivity index (χ0) is 21.8. The Hall–Kier alpha value is -3.12. The van der Waals surface area contributed by atoms with Crippen LogP contribution >= 0.6 is 0 Å². The SMILES string of the molecule is CN(C)/C=C(/C=C(\C#N)c1ccc(C(F)(F)F)nc1)c1ccc(S(C)(=O)=O)cc1. The van der Waals surface area contributed by atoms with Gasteiger partial charge in [-0.1, -0.05) is 12.1 Å². The molecule has 5 nitrogen and oxygen atoms in total. The zero-order valence-electron chi connectivity index (χ0n) is 15.9. The number of rotatable bonds is 5. The van der Waals surface area contributed by atoms with Crippen molar-refractivity contribution >= 4 is 21.0 Å². The maximum Gasteiger partial charge on any atom is 0.433 e. The molecule has 1 aromatic heterocycles. The predicted molar refractivity (Wildman–Crippen MR) is 104 cm³/mol. The molecular weight excluding hydrogens is 403 g/mol. The Morgan fingerprint density at radius 3 is 2.10 bits per heavy atom. The summed E-state index contributed by atoms with van der Waals surface area (Å²) in [6, 6.07) is 10.1. The fraction of sp³-hybridized carbons (Fsp3) is 0.200. The molecule has 152 valence electrons. The maximum atomic E-state index is 12.7. The van der Waals surface area contributed by atoms with Gasteiger partial charge in [0.15, 0.2) is 9.84 Å². The molecule has 0 radical (unpaired) electrons. The van der Waals surface area contributed by atoms with Gasteiger partial charge in [0.25, 0.3) is 0 Å². The molecule has 0 aliphatic heterocycles. The van der Waals surface area contributed by atoms with Gasteiger partial charge in [-0.2, -0.15) is 18.4 Å². The van der Waals surface area contributed by atoms with Gasteiger partial charge in [0.2, 0.25) is 0 Å². The van der Waals surface area contributed by atoms with E-state index in [2.05, 4.69) is 4.98 Å². The summed E-state index contributed by atoms with van der Waals surface area (Å²) in [5.74, 6) is 0. The first kappa shape index (κ1) is 22.2. The van der Waals surface area contributed by atoms with Gasteiger partial charge in [-0.25, -0.2) is 8.42 Å². The van der Waals surface area contributed by atoms with E-state index in [1.165, 1.54) is 24.3 Å². The van der Waals surface area contributed by atoms with E-state index >= 15 is 0 Å². The molecular formula is C20H18F3N3O2S. The van der Waals surface area contributed by atoms with Crippen LogP contribution in [0.4, 0.5) is 13.2 Å². The molecule has 0 saturated heterocycles. The third-order valence-corrected chi connectivity index (χ3v) is 4.93. The highest BCUT2D eigenvalue weighted by atomic mass is 32.2. The van der Waals surface area contributed by atoms with Crippen LogP contribution < -0.4 is 0 Å². The molecule has 0 unspecified atom stereocenters. The minimum absolute atomic E-state index is 0.117. The lowest BCUT2D eigenvalue weighted by molar-refractivity contribution is -0.141. The van der Waals surface area contributed by atoms with Crippen molar-refractivity contribution in [2.24, 2.45) is 0 Å². The number of halogens is 3. The van der Waals surface area contributed by atoms with Crippen LogP contribution in [-0.2, 0) is 16.0 Å². The molecule has 2 rings (SSSR count). The number of nitrogens with zero attached hydrogens (tertiary/aromatic N) is 3. The van der Waals surface area contributed by atoms with E-state index < -0.39 is 21.7 Å². The molecule has 0 amide bonds. The van der Waals surface area contributed by atoms with Crippen molar-refractivity contribution in [3.05, 3.63) is 71.7 Å². The molecule has 1 aromatic carbocycles. The Morgan fingerprint density at radius 1 is 1.10 bits per heavy atom. The van der Waals surface area contributed by atoms with Gasteiger partial charge >= 0.3 is 6.18 Å². The number of sulfone groups is 1. The Labute approximate surface area is 167 Å². The standard InChI is InChI=1S/C20H18F3N3O2S/c1-26(2)13-17(14-4-7-18(8-5-14)29(3,27)28)10-16(11-24)15-6-9-19(25-12-15)20(21,22)23/h4-10,12-13H,1-3H3/b16-10+,17-13-. The molecule has 29 heavy (non-hydrogen) atoms. The van der Waals surface area contributed by atoms with Crippen LogP contribution in [0.5, 0.6) is 0 Å². The van der Waals surface area contributed by atoms with Gasteiger partial charge in [-0.15, -0.1) is 0 Å². The summed E-state index contributed by atoms with van der Waals surface area (Å²) in [5, 5.41) is 9.50. The number of hydrogen-bond acceptors (Lipinski definition) is 5. The third-order valence-electron chi connectivity index (χ3n) is 3.80. The van der Waals surface area contributed by atoms with E-state index in [-0.39, 0.29) is 16.0 Å². The molecule has 0 N–H and O–H groups in total. The average molecular weight is 421 g/mol. The van der Waals surface area contributed by atoms with Gasteiger partial charge in [0.1, 0.15) is 5.69 Å². The second-order valence-electron chi connectivity index (χ2n) is 6.44. The van der Waals surface area contributed by atoms with Crippen LogP contribution in [0.25, 0.3) is 11.1 Å². The van der Waals surface area contributed by atoms with E-state index in [1.54, 1.807) is 37.3 Å². The van der Waals surface area contributed by atoms with Crippen LogP contribution in [0.2, 0.25) is 0 Å². The second-order valence-corrected chi connectivity index (χ2v) is 8.46. The van der Waals surface area contributed by atoms with Crippen molar-refractivity contribution in [1.82, 2.24) is 9.88 Å². The number of nitriles is 1. The van der Waals surface area contributed by atoms with Gasteiger partial charge in [-0.3, -0.25) is 4.98 Å². The summed E-state index contributed by atoms with van der Waals surface area (Å²) in [6.45, 7) is 0. The molecule has 0 atom stereocenters. The molecule has 0 aliphatic rings. The first-order valence-corrected chi connectivity index (χ1v) is 10.1. The molecule has 2 aromatic rings. The maximum absolute atomic E-state index is 12.7. The molecule has 0 spiro atoms. The normalized spacial score (nSPS) is 13.1. The highest BCUT2D eigenvalue weighted by Crippen LogP contribution is 2.29. The number of allylic oxidation sites excluding steroid dienone is 3. The molecule has 1 heterocycles.